The number of carbonyl (C=O) groups excluding carboxylic acids is 2. The Morgan fingerprint density at radius 2 is 1.89 bits per heavy atom. The third-order valence-corrected chi connectivity index (χ3v) is 4.20. The molecule has 146 valence electrons. The van der Waals surface area contributed by atoms with Crippen molar-refractivity contribution in [2.24, 2.45) is 5.92 Å². The number of esters is 1. The highest BCUT2D eigenvalue weighted by Crippen LogP contribution is 2.17. The monoisotopic (exact) mass is 375 g/mol. The van der Waals surface area contributed by atoms with E-state index < -0.39 is 23.8 Å². The van der Waals surface area contributed by atoms with Crippen LogP contribution in [-0.4, -0.2) is 27.8 Å². The molecule has 1 aromatic heterocycles. The van der Waals surface area contributed by atoms with E-state index in [1.807, 2.05) is 18.5 Å². The minimum atomic E-state index is -1.04. The first-order valence-electron chi connectivity index (χ1n) is 8.96. The van der Waals surface area contributed by atoms with Crippen LogP contribution in [-0.2, 0) is 27.3 Å². The van der Waals surface area contributed by atoms with E-state index in [2.05, 4.69) is 24.3 Å². The van der Waals surface area contributed by atoms with Gasteiger partial charge in [0, 0.05) is 17.8 Å². The van der Waals surface area contributed by atoms with Crippen LogP contribution in [0.15, 0.2) is 24.3 Å². The van der Waals surface area contributed by atoms with E-state index in [0.29, 0.717) is 5.92 Å². The second-order valence-corrected chi connectivity index (χ2v) is 7.00. The topological polar surface area (TPSA) is 73.2 Å². The van der Waals surface area contributed by atoms with Gasteiger partial charge >= 0.3 is 5.97 Å². The number of para-hydroxylation sites is 1. The normalized spacial score (nSPS) is 12.1. The van der Waals surface area contributed by atoms with E-state index in [1.165, 1.54) is 25.1 Å². The summed E-state index contributed by atoms with van der Waals surface area (Å²) in [7, 11) is 0. The van der Waals surface area contributed by atoms with Gasteiger partial charge in [-0.3, -0.25) is 14.3 Å². The molecule has 1 aromatic carbocycles. The van der Waals surface area contributed by atoms with Crippen LogP contribution in [0.2, 0.25) is 0 Å². The van der Waals surface area contributed by atoms with Crippen molar-refractivity contribution < 1.29 is 18.7 Å². The summed E-state index contributed by atoms with van der Waals surface area (Å²) < 4.78 is 20.7. The lowest BCUT2D eigenvalue weighted by atomic mass is 10.1. The Hall–Kier alpha value is -2.70. The minimum Gasteiger partial charge on any atom is -0.452 e. The molecule has 1 amide bonds. The number of nitrogens with one attached hydrogen (secondary N) is 1. The molecule has 1 N–H and O–H groups in total. The van der Waals surface area contributed by atoms with Gasteiger partial charge < -0.3 is 10.1 Å². The van der Waals surface area contributed by atoms with Gasteiger partial charge in [-0.1, -0.05) is 26.0 Å². The van der Waals surface area contributed by atoms with Crippen molar-refractivity contribution in [3.05, 3.63) is 47.0 Å². The predicted molar refractivity (Wildman–Crippen MR) is 101 cm³/mol. The Labute approximate surface area is 158 Å². The number of hydrogen-bond donors (Lipinski definition) is 1. The molecule has 0 bridgehead atoms. The molecule has 1 unspecified atom stereocenters. The van der Waals surface area contributed by atoms with Crippen LogP contribution in [0, 0.1) is 25.6 Å². The maximum Gasteiger partial charge on any atom is 0.311 e. The molecule has 0 aliphatic rings. The maximum absolute atomic E-state index is 13.6. The third kappa shape index (κ3) is 5.39. The number of aryl methyl sites for hydroxylation is 1. The number of amides is 1. The van der Waals surface area contributed by atoms with Crippen LogP contribution in [0.1, 0.15) is 37.7 Å². The fraction of sp³-hybridized carbons (Fsp3) is 0.450. The van der Waals surface area contributed by atoms with Crippen LogP contribution in [0.3, 0.4) is 0 Å². The number of benzene rings is 1. The van der Waals surface area contributed by atoms with Crippen molar-refractivity contribution in [3.8, 4) is 0 Å². The number of aromatic nitrogens is 2. The first-order chi connectivity index (χ1) is 12.7. The van der Waals surface area contributed by atoms with Crippen LogP contribution >= 0.6 is 0 Å². The van der Waals surface area contributed by atoms with E-state index in [0.717, 1.165) is 23.5 Å². The largest absolute Gasteiger partial charge is 0.452 e. The van der Waals surface area contributed by atoms with Crippen molar-refractivity contribution in [2.45, 2.75) is 53.7 Å². The zero-order valence-corrected chi connectivity index (χ0v) is 16.4. The summed E-state index contributed by atoms with van der Waals surface area (Å²) in [6, 6.07) is 5.82. The van der Waals surface area contributed by atoms with E-state index in [-0.39, 0.29) is 12.1 Å². The summed E-state index contributed by atoms with van der Waals surface area (Å²) >= 11 is 0. The van der Waals surface area contributed by atoms with E-state index in [1.54, 1.807) is 6.07 Å². The Balaban J connectivity index is 1.98. The molecule has 1 atom stereocenters. The minimum absolute atomic E-state index is 0.0348. The highest BCUT2D eigenvalue weighted by Gasteiger charge is 2.22. The van der Waals surface area contributed by atoms with E-state index in [9.17, 15) is 14.0 Å². The molecule has 6 nitrogen and oxygen atoms in total. The molecule has 2 aromatic rings. The molecule has 0 fully saturated rings. The summed E-state index contributed by atoms with van der Waals surface area (Å²) in [6.45, 7) is 10.2. The maximum atomic E-state index is 13.6. The second-order valence-electron chi connectivity index (χ2n) is 7.00. The van der Waals surface area contributed by atoms with Crippen molar-refractivity contribution in [1.29, 1.82) is 0 Å². The van der Waals surface area contributed by atoms with Crippen molar-refractivity contribution in [1.82, 2.24) is 9.78 Å². The van der Waals surface area contributed by atoms with E-state index in [4.69, 9.17) is 4.74 Å². The number of carbonyl (C=O) groups is 2. The van der Waals surface area contributed by atoms with E-state index >= 15 is 0 Å². The fourth-order valence-electron chi connectivity index (χ4n) is 2.75. The molecule has 0 spiro atoms. The second kappa shape index (κ2) is 8.79. The quantitative estimate of drug-likeness (QED) is 0.753. The van der Waals surface area contributed by atoms with Gasteiger partial charge in [0.2, 0.25) is 0 Å². The molecular weight excluding hydrogens is 349 g/mol. The smallest absolute Gasteiger partial charge is 0.311 e. The van der Waals surface area contributed by atoms with Gasteiger partial charge in [-0.15, -0.1) is 0 Å². The van der Waals surface area contributed by atoms with Crippen LogP contribution in [0.5, 0.6) is 0 Å². The average molecular weight is 375 g/mol. The van der Waals surface area contributed by atoms with Gasteiger partial charge in [-0.2, -0.15) is 5.10 Å². The lowest BCUT2D eigenvalue weighted by Crippen LogP contribution is -2.30. The van der Waals surface area contributed by atoms with Gasteiger partial charge in [-0.25, -0.2) is 4.39 Å². The van der Waals surface area contributed by atoms with Crippen molar-refractivity contribution in [2.75, 3.05) is 5.32 Å². The molecule has 2 rings (SSSR count). The molecule has 0 radical (unpaired) electrons. The van der Waals surface area contributed by atoms with Gasteiger partial charge in [-0.05, 0) is 38.8 Å². The first kappa shape index (κ1) is 20.6. The average Bonchev–Trinajstić information content (AvgIpc) is 2.83. The number of rotatable bonds is 7. The third-order valence-electron chi connectivity index (χ3n) is 4.20. The highest BCUT2D eigenvalue weighted by atomic mass is 19.1. The highest BCUT2D eigenvalue weighted by molar-refractivity contribution is 5.95. The summed E-state index contributed by atoms with van der Waals surface area (Å²) in [4.78, 5) is 24.4. The zero-order valence-electron chi connectivity index (χ0n) is 16.4. The molecule has 1 heterocycles. The summed E-state index contributed by atoms with van der Waals surface area (Å²) in [5.74, 6) is -1.23. The molecule has 0 aliphatic heterocycles. The molecule has 0 aliphatic carbocycles. The fourth-order valence-corrected chi connectivity index (χ4v) is 2.75. The number of anilines is 1. The lowest BCUT2D eigenvalue weighted by Gasteiger charge is -2.14. The Morgan fingerprint density at radius 1 is 1.22 bits per heavy atom. The van der Waals surface area contributed by atoms with Crippen molar-refractivity contribution in [3.63, 3.8) is 0 Å². The SMILES string of the molecule is Cc1nn(CC(C)C)c(C)c1CC(=O)OC(C)C(=O)Nc1ccccc1F. The van der Waals surface area contributed by atoms with Gasteiger partial charge in [0.15, 0.2) is 6.10 Å². The lowest BCUT2D eigenvalue weighted by molar-refractivity contribution is -0.152. The summed E-state index contributed by atoms with van der Waals surface area (Å²) in [5, 5.41) is 6.89. The van der Waals surface area contributed by atoms with Gasteiger partial charge in [0.25, 0.3) is 5.91 Å². The molecule has 0 saturated heterocycles. The molecular formula is C20H26FN3O3. The Morgan fingerprint density at radius 3 is 2.52 bits per heavy atom. The van der Waals surface area contributed by atoms with Crippen LogP contribution < -0.4 is 5.32 Å². The number of nitrogens with zero attached hydrogens (tertiary/aromatic N) is 2. The van der Waals surface area contributed by atoms with Crippen molar-refractivity contribution >= 4 is 17.6 Å². The summed E-state index contributed by atoms with van der Waals surface area (Å²) in [5.41, 5.74) is 2.55. The zero-order chi connectivity index (χ0) is 20.1. The standard InChI is InChI=1S/C20H26FN3O3/c1-12(2)11-24-14(4)16(13(3)23-24)10-19(25)27-15(5)20(26)22-18-9-7-6-8-17(18)21/h6-9,12,15H,10-11H2,1-5H3,(H,22,26). The van der Waals surface area contributed by atoms with Crippen LogP contribution in [0.25, 0.3) is 0 Å². The molecule has 0 saturated carbocycles. The van der Waals surface area contributed by atoms with Gasteiger partial charge in [0.1, 0.15) is 5.82 Å². The Bertz CT molecular complexity index is 830. The number of ether oxygens (including phenoxy) is 1. The van der Waals surface area contributed by atoms with Crippen LogP contribution in [0.4, 0.5) is 10.1 Å². The number of hydrogen-bond acceptors (Lipinski definition) is 4. The molecule has 7 heteroatoms. The van der Waals surface area contributed by atoms with Gasteiger partial charge in [0.05, 0.1) is 17.8 Å². The first-order valence-corrected chi connectivity index (χ1v) is 8.96. The summed E-state index contributed by atoms with van der Waals surface area (Å²) in [6.07, 6.45) is -1.00. The number of halogens is 1. The predicted octanol–water partition coefficient (Wildman–Crippen LogP) is 3.41. The molecule has 27 heavy (non-hydrogen) atoms. The Kier molecular flexibility index (Phi) is 6.71.